The van der Waals surface area contributed by atoms with Gasteiger partial charge in [-0.1, -0.05) is 30.3 Å². The maximum atomic E-state index is 13.1. The van der Waals surface area contributed by atoms with E-state index in [1.54, 1.807) is 24.1 Å². The van der Waals surface area contributed by atoms with Crippen LogP contribution >= 0.6 is 0 Å². The van der Waals surface area contributed by atoms with E-state index in [-0.39, 0.29) is 11.9 Å². The third-order valence-corrected chi connectivity index (χ3v) is 5.13. The van der Waals surface area contributed by atoms with Crippen LogP contribution in [0, 0.1) is 11.3 Å². The number of anilines is 2. The number of carbonyl (C=O) groups excluding carboxylic acids is 1. The van der Waals surface area contributed by atoms with E-state index < -0.39 is 0 Å². The summed E-state index contributed by atoms with van der Waals surface area (Å²) in [7, 11) is 1.65. The van der Waals surface area contributed by atoms with Gasteiger partial charge in [0.15, 0.2) is 0 Å². The van der Waals surface area contributed by atoms with Crippen molar-refractivity contribution in [2.75, 3.05) is 17.3 Å². The van der Waals surface area contributed by atoms with Gasteiger partial charge in [0.1, 0.15) is 5.75 Å². The standard InChI is InChI=1S/C23H21N3O2/c1-15-11-23(27)26(21-9-7-16(13-24)12-20(21)25-15)14-19-18-6-4-3-5-17(18)8-10-22(19)28-2/h3-10,12,15,25H,11,14H2,1-2H3. The Bertz CT molecular complexity index is 1100. The number of hydrogen-bond acceptors (Lipinski definition) is 4. The number of fused-ring (bicyclic) bond motifs is 2. The summed E-state index contributed by atoms with van der Waals surface area (Å²) in [4.78, 5) is 14.9. The van der Waals surface area contributed by atoms with Gasteiger partial charge >= 0.3 is 0 Å². The SMILES string of the molecule is COc1ccc2ccccc2c1CN1C(=O)CC(C)Nc2cc(C#N)ccc21. The summed E-state index contributed by atoms with van der Waals surface area (Å²) in [6.07, 6.45) is 0.379. The Labute approximate surface area is 164 Å². The summed E-state index contributed by atoms with van der Waals surface area (Å²) >= 11 is 0. The third kappa shape index (κ3) is 3.14. The molecule has 4 rings (SSSR count). The fourth-order valence-electron chi connectivity index (χ4n) is 3.78. The lowest BCUT2D eigenvalue weighted by molar-refractivity contribution is -0.118. The summed E-state index contributed by atoms with van der Waals surface area (Å²) < 4.78 is 5.61. The molecule has 0 saturated heterocycles. The average molecular weight is 371 g/mol. The molecule has 3 aromatic carbocycles. The highest BCUT2D eigenvalue weighted by Crippen LogP contribution is 2.36. The molecular weight excluding hydrogens is 350 g/mol. The van der Waals surface area contributed by atoms with Crippen LogP contribution in [-0.2, 0) is 11.3 Å². The molecule has 0 aliphatic carbocycles. The second-order valence-electron chi connectivity index (χ2n) is 7.04. The predicted molar refractivity (Wildman–Crippen MR) is 111 cm³/mol. The van der Waals surface area contributed by atoms with Gasteiger partial charge in [-0.25, -0.2) is 0 Å². The maximum Gasteiger partial charge on any atom is 0.229 e. The molecule has 140 valence electrons. The van der Waals surface area contributed by atoms with E-state index in [0.29, 0.717) is 18.5 Å². The van der Waals surface area contributed by atoms with E-state index in [1.165, 1.54) is 0 Å². The molecular formula is C23H21N3O2. The zero-order chi connectivity index (χ0) is 19.7. The van der Waals surface area contributed by atoms with Crippen LogP contribution in [0.3, 0.4) is 0 Å². The van der Waals surface area contributed by atoms with Crippen molar-refractivity contribution in [3.05, 3.63) is 65.7 Å². The van der Waals surface area contributed by atoms with Crippen molar-refractivity contribution in [3.8, 4) is 11.8 Å². The van der Waals surface area contributed by atoms with Gasteiger partial charge in [0.25, 0.3) is 0 Å². The Balaban J connectivity index is 1.85. The normalized spacial score (nSPS) is 16.1. The van der Waals surface area contributed by atoms with Crippen molar-refractivity contribution in [2.24, 2.45) is 0 Å². The molecule has 0 bridgehead atoms. The fraction of sp³-hybridized carbons (Fsp3) is 0.217. The largest absolute Gasteiger partial charge is 0.496 e. The molecule has 0 aromatic heterocycles. The van der Waals surface area contributed by atoms with Gasteiger partial charge in [-0.2, -0.15) is 5.26 Å². The first-order chi connectivity index (χ1) is 13.6. The maximum absolute atomic E-state index is 13.1. The molecule has 28 heavy (non-hydrogen) atoms. The average Bonchev–Trinajstić information content (AvgIpc) is 2.82. The summed E-state index contributed by atoms with van der Waals surface area (Å²) in [6, 6.07) is 19.6. The first-order valence-corrected chi connectivity index (χ1v) is 9.26. The molecule has 5 nitrogen and oxygen atoms in total. The Hall–Kier alpha value is -3.52. The quantitative estimate of drug-likeness (QED) is 0.738. The summed E-state index contributed by atoms with van der Waals surface area (Å²) in [6.45, 7) is 2.37. The van der Waals surface area contributed by atoms with Crippen LogP contribution in [0.4, 0.5) is 11.4 Å². The summed E-state index contributed by atoms with van der Waals surface area (Å²) in [5, 5.41) is 14.8. The number of ether oxygens (including phenoxy) is 1. The molecule has 1 unspecified atom stereocenters. The van der Waals surface area contributed by atoms with Crippen molar-refractivity contribution >= 4 is 28.1 Å². The molecule has 0 saturated carbocycles. The van der Waals surface area contributed by atoms with Crippen molar-refractivity contribution in [2.45, 2.75) is 25.9 Å². The van der Waals surface area contributed by atoms with Crippen LogP contribution in [0.15, 0.2) is 54.6 Å². The summed E-state index contributed by atoms with van der Waals surface area (Å²) in [5.41, 5.74) is 3.12. The van der Waals surface area contributed by atoms with E-state index in [4.69, 9.17) is 4.74 Å². The Kier molecular flexibility index (Phi) is 4.62. The summed E-state index contributed by atoms with van der Waals surface area (Å²) in [5.74, 6) is 0.797. The van der Waals surface area contributed by atoms with E-state index in [9.17, 15) is 10.1 Å². The number of hydrogen-bond donors (Lipinski definition) is 1. The minimum Gasteiger partial charge on any atom is -0.496 e. The lowest BCUT2D eigenvalue weighted by atomic mass is 10.0. The van der Waals surface area contributed by atoms with Crippen molar-refractivity contribution < 1.29 is 9.53 Å². The van der Waals surface area contributed by atoms with E-state index in [0.717, 1.165) is 33.5 Å². The molecule has 1 heterocycles. The highest BCUT2D eigenvalue weighted by Gasteiger charge is 2.27. The zero-order valence-corrected chi connectivity index (χ0v) is 15.9. The molecule has 5 heteroatoms. The van der Waals surface area contributed by atoms with E-state index >= 15 is 0 Å². The van der Waals surface area contributed by atoms with E-state index in [1.807, 2.05) is 37.3 Å². The number of benzene rings is 3. The van der Waals surface area contributed by atoms with Crippen LogP contribution in [0.1, 0.15) is 24.5 Å². The smallest absolute Gasteiger partial charge is 0.229 e. The third-order valence-electron chi connectivity index (χ3n) is 5.13. The lowest BCUT2D eigenvalue weighted by Crippen LogP contribution is -2.31. The number of amides is 1. The van der Waals surface area contributed by atoms with Crippen molar-refractivity contribution in [3.63, 3.8) is 0 Å². The molecule has 1 N–H and O–H groups in total. The van der Waals surface area contributed by atoms with Crippen LogP contribution in [0.2, 0.25) is 0 Å². The van der Waals surface area contributed by atoms with Gasteiger partial charge in [0, 0.05) is 18.0 Å². The zero-order valence-electron chi connectivity index (χ0n) is 15.9. The van der Waals surface area contributed by atoms with Crippen LogP contribution in [0.25, 0.3) is 10.8 Å². The van der Waals surface area contributed by atoms with Gasteiger partial charge in [0.05, 0.1) is 36.7 Å². The minimum absolute atomic E-state index is 0.0143. The van der Waals surface area contributed by atoms with Crippen molar-refractivity contribution in [1.29, 1.82) is 5.26 Å². The molecule has 0 fully saturated rings. The van der Waals surface area contributed by atoms with Gasteiger partial charge in [0.2, 0.25) is 5.91 Å². The highest BCUT2D eigenvalue weighted by molar-refractivity contribution is 6.00. The number of nitrogens with zero attached hydrogens (tertiary/aromatic N) is 2. The first-order valence-electron chi connectivity index (χ1n) is 9.26. The molecule has 1 aliphatic heterocycles. The minimum atomic E-state index is -0.0143. The number of carbonyl (C=O) groups is 1. The molecule has 1 aliphatic rings. The Morgan fingerprint density at radius 1 is 1.21 bits per heavy atom. The molecule has 0 spiro atoms. The number of rotatable bonds is 3. The monoisotopic (exact) mass is 371 g/mol. The molecule has 3 aromatic rings. The number of nitrogens with one attached hydrogen (secondary N) is 1. The van der Waals surface area contributed by atoms with Crippen molar-refractivity contribution in [1.82, 2.24) is 0 Å². The molecule has 0 radical (unpaired) electrons. The second-order valence-corrected chi connectivity index (χ2v) is 7.04. The van der Waals surface area contributed by atoms with Crippen LogP contribution < -0.4 is 15.0 Å². The van der Waals surface area contributed by atoms with Crippen LogP contribution in [-0.4, -0.2) is 19.1 Å². The number of nitriles is 1. The van der Waals surface area contributed by atoms with Gasteiger partial charge < -0.3 is 15.0 Å². The highest BCUT2D eigenvalue weighted by atomic mass is 16.5. The molecule has 1 amide bonds. The van der Waals surface area contributed by atoms with E-state index in [2.05, 4.69) is 23.5 Å². The first kappa shape index (κ1) is 17.9. The Morgan fingerprint density at radius 2 is 2.04 bits per heavy atom. The van der Waals surface area contributed by atoms with Gasteiger partial charge in [-0.3, -0.25) is 4.79 Å². The lowest BCUT2D eigenvalue weighted by Gasteiger charge is -2.24. The fourth-order valence-corrected chi connectivity index (χ4v) is 3.78. The molecule has 1 atom stereocenters. The van der Waals surface area contributed by atoms with Crippen LogP contribution in [0.5, 0.6) is 5.75 Å². The number of methoxy groups -OCH3 is 1. The Morgan fingerprint density at radius 3 is 2.82 bits per heavy atom. The van der Waals surface area contributed by atoms with Gasteiger partial charge in [-0.15, -0.1) is 0 Å². The second kappa shape index (κ2) is 7.24. The van der Waals surface area contributed by atoms with Gasteiger partial charge in [-0.05, 0) is 42.0 Å². The predicted octanol–water partition coefficient (Wildman–Crippen LogP) is 4.46. The topological polar surface area (TPSA) is 65.4 Å².